The minimum atomic E-state index is -0.596. The van der Waals surface area contributed by atoms with Crippen LogP contribution in [-0.4, -0.2) is 38.6 Å². The summed E-state index contributed by atoms with van der Waals surface area (Å²) in [5.74, 6) is 0.434. The summed E-state index contributed by atoms with van der Waals surface area (Å²) >= 11 is 0. The van der Waals surface area contributed by atoms with E-state index < -0.39 is 6.29 Å². The number of anilines is 1. The molecule has 0 saturated carbocycles. The van der Waals surface area contributed by atoms with Crippen LogP contribution < -0.4 is 5.73 Å². The highest BCUT2D eigenvalue weighted by Gasteiger charge is 2.34. The lowest BCUT2D eigenvalue weighted by Gasteiger charge is -2.15. The fraction of sp³-hybridized carbons (Fsp3) is 0.455. The Hall–Kier alpha value is -1.70. The lowest BCUT2D eigenvalue weighted by Crippen LogP contribution is -2.17. The van der Waals surface area contributed by atoms with Gasteiger partial charge in [-0.3, -0.25) is 0 Å². The minimum absolute atomic E-state index is 0.169. The molecule has 3 atom stereocenters. The van der Waals surface area contributed by atoms with Gasteiger partial charge < -0.3 is 24.9 Å². The molecule has 0 spiro atoms. The SMILES string of the molecule is C[C@H]1O[C@@H](CO)O[C@H]1n1ccc2c(N)ncnc21. The van der Waals surface area contributed by atoms with E-state index in [0.29, 0.717) is 11.5 Å². The number of nitrogens with two attached hydrogens (primary N) is 1. The van der Waals surface area contributed by atoms with Gasteiger partial charge in [-0.2, -0.15) is 0 Å². The topological polar surface area (TPSA) is 95.4 Å². The van der Waals surface area contributed by atoms with Crippen molar-refractivity contribution in [3.63, 3.8) is 0 Å². The van der Waals surface area contributed by atoms with E-state index in [9.17, 15) is 0 Å². The Bertz CT molecular complexity index is 570. The Kier molecular flexibility index (Phi) is 2.66. The van der Waals surface area contributed by atoms with E-state index in [1.54, 1.807) is 0 Å². The van der Waals surface area contributed by atoms with Gasteiger partial charge in [0.15, 0.2) is 12.5 Å². The number of rotatable bonds is 2. The first kappa shape index (κ1) is 11.4. The molecule has 3 heterocycles. The Morgan fingerprint density at radius 1 is 1.44 bits per heavy atom. The van der Waals surface area contributed by atoms with E-state index in [1.807, 2.05) is 23.8 Å². The number of nitrogens with zero attached hydrogens (tertiary/aromatic N) is 3. The maximum atomic E-state index is 9.05. The molecule has 0 radical (unpaired) electrons. The predicted octanol–water partition coefficient (Wildman–Crippen LogP) is 0.266. The summed E-state index contributed by atoms with van der Waals surface area (Å²) in [5.41, 5.74) is 6.48. The summed E-state index contributed by atoms with van der Waals surface area (Å²) in [5, 5.41) is 9.83. The van der Waals surface area contributed by atoms with Gasteiger partial charge in [0.25, 0.3) is 0 Å². The van der Waals surface area contributed by atoms with Gasteiger partial charge in [0.05, 0.1) is 12.0 Å². The second kappa shape index (κ2) is 4.20. The molecule has 7 nitrogen and oxygen atoms in total. The number of hydrogen-bond donors (Lipinski definition) is 2. The first-order chi connectivity index (χ1) is 8.70. The molecule has 3 rings (SSSR count). The number of nitrogen functional groups attached to an aromatic ring is 1. The van der Waals surface area contributed by atoms with E-state index in [-0.39, 0.29) is 18.9 Å². The van der Waals surface area contributed by atoms with Gasteiger partial charge in [-0.05, 0) is 13.0 Å². The van der Waals surface area contributed by atoms with Crippen molar-refractivity contribution in [3.8, 4) is 0 Å². The van der Waals surface area contributed by atoms with Gasteiger partial charge in [-0.15, -0.1) is 0 Å². The van der Waals surface area contributed by atoms with Crippen molar-refractivity contribution in [2.75, 3.05) is 12.3 Å². The van der Waals surface area contributed by atoms with Crippen molar-refractivity contribution in [1.82, 2.24) is 14.5 Å². The fourth-order valence-corrected chi connectivity index (χ4v) is 2.18. The molecular formula is C11H14N4O3. The van der Waals surface area contributed by atoms with Crippen LogP contribution in [0.25, 0.3) is 11.0 Å². The third-order valence-corrected chi connectivity index (χ3v) is 3.02. The molecule has 2 aromatic heterocycles. The predicted molar refractivity (Wildman–Crippen MR) is 63.5 cm³/mol. The molecule has 0 aromatic carbocycles. The average molecular weight is 250 g/mol. The number of hydrogen-bond acceptors (Lipinski definition) is 6. The summed E-state index contributed by atoms with van der Waals surface area (Å²) in [6, 6.07) is 1.84. The van der Waals surface area contributed by atoms with Crippen molar-refractivity contribution in [2.24, 2.45) is 0 Å². The van der Waals surface area contributed by atoms with Crippen LogP contribution in [0.3, 0.4) is 0 Å². The first-order valence-electron chi connectivity index (χ1n) is 5.69. The molecule has 1 aliphatic heterocycles. The van der Waals surface area contributed by atoms with Crippen molar-refractivity contribution in [1.29, 1.82) is 0 Å². The highest BCUT2D eigenvalue weighted by Crippen LogP contribution is 2.31. The molecule has 7 heteroatoms. The summed E-state index contributed by atoms with van der Waals surface area (Å²) in [6.45, 7) is 1.72. The average Bonchev–Trinajstić information content (AvgIpc) is 2.93. The van der Waals surface area contributed by atoms with Crippen molar-refractivity contribution < 1.29 is 14.6 Å². The smallest absolute Gasteiger partial charge is 0.183 e. The highest BCUT2D eigenvalue weighted by molar-refractivity contribution is 5.86. The molecule has 0 unspecified atom stereocenters. The second-order valence-corrected chi connectivity index (χ2v) is 4.20. The molecule has 3 N–H and O–H groups in total. The summed E-state index contributed by atoms with van der Waals surface area (Å²) in [6.07, 6.45) is 2.16. The number of aliphatic hydroxyl groups is 1. The zero-order valence-electron chi connectivity index (χ0n) is 9.85. The molecule has 0 aliphatic carbocycles. The molecular weight excluding hydrogens is 236 g/mol. The van der Waals surface area contributed by atoms with Crippen LogP contribution >= 0.6 is 0 Å². The molecule has 0 bridgehead atoms. The van der Waals surface area contributed by atoms with E-state index in [1.165, 1.54) is 6.33 Å². The minimum Gasteiger partial charge on any atom is -0.391 e. The standard InChI is InChI=1S/C11H14N4O3/c1-6-11(18-8(4-16)17-6)15-3-2-7-9(12)13-5-14-10(7)15/h2-3,5-6,8,11,16H,4H2,1H3,(H2,12,13,14)/t6-,8-,11-/m1/s1. The number of ether oxygens (including phenoxy) is 2. The third kappa shape index (κ3) is 1.64. The van der Waals surface area contributed by atoms with Gasteiger partial charge in [0.1, 0.15) is 23.9 Å². The van der Waals surface area contributed by atoms with E-state index in [2.05, 4.69) is 9.97 Å². The monoisotopic (exact) mass is 250 g/mol. The van der Waals surface area contributed by atoms with Gasteiger partial charge in [-0.25, -0.2) is 9.97 Å². The van der Waals surface area contributed by atoms with Crippen LogP contribution in [0.5, 0.6) is 0 Å². The fourth-order valence-electron chi connectivity index (χ4n) is 2.18. The van der Waals surface area contributed by atoms with Crippen molar-refractivity contribution >= 4 is 16.9 Å². The van der Waals surface area contributed by atoms with E-state index in [4.69, 9.17) is 20.3 Å². The Balaban J connectivity index is 2.02. The Morgan fingerprint density at radius 3 is 3.00 bits per heavy atom. The molecule has 18 heavy (non-hydrogen) atoms. The van der Waals surface area contributed by atoms with Crippen LogP contribution in [0.4, 0.5) is 5.82 Å². The molecule has 96 valence electrons. The van der Waals surface area contributed by atoms with Crippen molar-refractivity contribution in [2.45, 2.75) is 25.5 Å². The van der Waals surface area contributed by atoms with Crippen LogP contribution in [0.1, 0.15) is 13.2 Å². The van der Waals surface area contributed by atoms with Crippen LogP contribution in [-0.2, 0) is 9.47 Å². The van der Waals surface area contributed by atoms with Gasteiger partial charge in [-0.1, -0.05) is 0 Å². The second-order valence-electron chi connectivity index (χ2n) is 4.20. The number of fused-ring (bicyclic) bond motifs is 1. The van der Waals surface area contributed by atoms with Crippen LogP contribution in [0.15, 0.2) is 18.6 Å². The third-order valence-electron chi connectivity index (χ3n) is 3.02. The highest BCUT2D eigenvalue weighted by atomic mass is 16.7. The van der Waals surface area contributed by atoms with E-state index in [0.717, 1.165) is 5.39 Å². The normalized spacial score (nSPS) is 28.0. The van der Waals surface area contributed by atoms with Crippen LogP contribution in [0, 0.1) is 0 Å². The summed E-state index contributed by atoms with van der Waals surface area (Å²) in [7, 11) is 0. The lowest BCUT2D eigenvalue weighted by molar-refractivity contribution is -0.101. The zero-order valence-corrected chi connectivity index (χ0v) is 9.85. The zero-order chi connectivity index (χ0) is 12.7. The maximum Gasteiger partial charge on any atom is 0.183 e. The number of aliphatic hydroxyl groups excluding tert-OH is 1. The lowest BCUT2D eigenvalue weighted by atomic mass is 10.3. The van der Waals surface area contributed by atoms with E-state index >= 15 is 0 Å². The van der Waals surface area contributed by atoms with Crippen LogP contribution in [0.2, 0.25) is 0 Å². The molecule has 1 saturated heterocycles. The van der Waals surface area contributed by atoms with Gasteiger partial charge in [0.2, 0.25) is 0 Å². The summed E-state index contributed by atoms with van der Waals surface area (Å²) < 4.78 is 12.9. The van der Waals surface area contributed by atoms with Gasteiger partial charge in [0, 0.05) is 6.20 Å². The van der Waals surface area contributed by atoms with Crippen molar-refractivity contribution in [3.05, 3.63) is 18.6 Å². The number of aromatic nitrogens is 3. The Labute approximate surface area is 103 Å². The summed E-state index contributed by atoms with van der Waals surface area (Å²) in [4.78, 5) is 8.14. The molecule has 2 aromatic rings. The Morgan fingerprint density at radius 2 is 2.28 bits per heavy atom. The first-order valence-corrected chi connectivity index (χ1v) is 5.69. The largest absolute Gasteiger partial charge is 0.391 e. The molecule has 1 aliphatic rings. The molecule has 0 amide bonds. The van der Waals surface area contributed by atoms with Gasteiger partial charge >= 0.3 is 0 Å². The molecule has 1 fully saturated rings. The quantitative estimate of drug-likeness (QED) is 0.794. The maximum absolute atomic E-state index is 9.05.